The maximum Gasteiger partial charge on any atom is 0.191 e. The molecule has 0 spiro atoms. The summed E-state index contributed by atoms with van der Waals surface area (Å²) < 4.78 is 13.7. The van der Waals surface area contributed by atoms with Gasteiger partial charge >= 0.3 is 0 Å². The minimum atomic E-state index is -0.142. The van der Waals surface area contributed by atoms with Crippen LogP contribution in [0, 0.1) is 11.7 Å². The number of guanidine groups is 1. The van der Waals surface area contributed by atoms with Crippen molar-refractivity contribution in [2.24, 2.45) is 16.6 Å². The molecule has 2 fully saturated rings. The summed E-state index contributed by atoms with van der Waals surface area (Å²) in [6.07, 6.45) is 2.26. The number of aliphatic imine (C=N–C) groups is 1. The van der Waals surface area contributed by atoms with Gasteiger partial charge in [-0.3, -0.25) is 4.99 Å². The fourth-order valence-corrected chi connectivity index (χ4v) is 2.78. The molecule has 0 saturated carbocycles. The van der Waals surface area contributed by atoms with Crippen LogP contribution in [-0.4, -0.2) is 43.6 Å². The van der Waals surface area contributed by atoms with Crippen LogP contribution in [0.5, 0.6) is 0 Å². The van der Waals surface area contributed by atoms with Crippen LogP contribution in [0.15, 0.2) is 29.3 Å². The summed E-state index contributed by atoms with van der Waals surface area (Å²) >= 11 is 0. The van der Waals surface area contributed by atoms with E-state index in [-0.39, 0.29) is 5.82 Å². The molecule has 0 bridgehead atoms. The van der Waals surface area contributed by atoms with Gasteiger partial charge in [-0.2, -0.15) is 0 Å². The molecular formula is C15H21FN4. The summed E-state index contributed by atoms with van der Waals surface area (Å²) in [5.41, 5.74) is 6.63. The highest BCUT2D eigenvalue weighted by Gasteiger charge is 2.24. The van der Waals surface area contributed by atoms with E-state index in [1.807, 2.05) is 12.1 Å². The Labute approximate surface area is 119 Å². The Hall–Kier alpha value is -1.78. The number of halogens is 1. The van der Waals surface area contributed by atoms with E-state index in [9.17, 15) is 4.39 Å². The van der Waals surface area contributed by atoms with Crippen molar-refractivity contribution in [3.05, 3.63) is 30.1 Å². The predicted octanol–water partition coefficient (Wildman–Crippen LogP) is 1.67. The van der Waals surface area contributed by atoms with E-state index < -0.39 is 0 Å². The normalized spacial score (nSPS) is 23.1. The lowest BCUT2D eigenvalue weighted by molar-refractivity contribution is 0.295. The first-order valence-corrected chi connectivity index (χ1v) is 7.28. The topological polar surface area (TPSA) is 44.9 Å². The SMILES string of the molecule is NC(=NCC1CCN(c2ccccc2F)C1)N1CCC1. The molecule has 0 amide bonds. The molecule has 2 heterocycles. The maximum absolute atomic E-state index is 13.7. The first-order chi connectivity index (χ1) is 9.74. The molecule has 1 aromatic carbocycles. The number of nitrogens with two attached hydrogens (primary N) is 1. The molecule has 1 aromatic rings. The molecule has 2 aliphatic rings. The maximum atomic E-state index is 13.7. The molecule has 0 aromatic heterocycles. The van der Waals surface area contributed by atoms with Gasteiger partial charge in [-0.1, -0.05) is 12.1 Å². The quantitative estimate of drug-likeness (QED) is 0.675. The van der Waals surface area contributed by atoms with Crippen molar-refractivity contribution in [1.29, 1.82) is 0 Å². The van der Waals surface area contributed by atoms with Gasteiger partial charge < -0.3 is 15.5 Å². The van der Waals surface area contributed by atoms with Crippen LogP contribution in [0.3, 0.4) is 0 Å². The number of rotatable bonds is 3. The second-order valence-corrected chi connectivity index (χ2v) is 5.59. The number of para-hydroxylation sites is 1. The monoisotopic (exact) mass is 276 g/mol. The van der Waals surface area contributed by atoms with Crippen molar-refractivity contribution < 1.29 is 4.39 Å². The Morgan fingerprint density at radius 1 is 1.30 bits per heavy atom. The molecule has 2 aliphatic heterocycles. The van der Waals surface area contributed by atoms with E-state index in [1.54, 1.807) is 6.07 Å². The van der Waals surface area contributed by atoms with E-state index in [0.29, 0.717) is 17.6 Å². The number of hydrogen-bond acceptors (Lipinski definition) is 2. The van der Waals surface area contributed by atoms with E-state index in [4.69, 9.17) is 5.73 Å². The Bertz CT molecular complexity index is 498. The van der Waals surface area contributed by atoms with Gasteiger partial charge in [0.1, 0.15) is 5.82 Å². The number of nitrogens with zero attached hydrogens (tertiary/aromatic N) is 3. The van der Waals surface area contributed by atoms with Crippen LogP contribution in [0.1, 0.15) is 12.8 Å². The first kappa shape index (κ1) is 13.2. The minimum Gasteiger partial charge on any atom is -0.370 e. The summed E-state index contributed by atoms with van der Waals surface area (Å²) in [6.45, 7) is 4.55. The van der Waals surface area contributed by atoms with Gasteiger partial charge in [-0.05, 0) is 30.9 Å². The third-order valence-electron chi connectivity index (χ3n) is 4.17. The molecule has 2 N–H and O–H groups in total. The van der Waals surface area contributed by atoms with Crippen LogP contribution in [0.25, 0.3) is 0 Å². The Kier molecular flexibility index (Phi) is 3.76. The molecule has 1 unspecified atom stereocenters. The van der Waals surface area contributed by atoms with E-state index in [1.165, 1.54) is 12.5 Å². The summed E-state index contributed by atoms with van der Waals surface area (Å²) in [6, 6.07) is 6.97. The van der Waals surface area contributed by atoms with Crippen molar-refractivity contribution >= 4 is 11.6 Å². The van der Waals surface area contributed by atoms with Crippen LogP contribution >= 0.6 is 0 Å². The molecule has 20 heavy (non-hydrogen) atoms. The number of benzene rings is 1. The lowest BCUT2D eigenvalue weighted by Crippen LogP contribution is -2.46. The van der Waals surface area contributed by atoms with Crippen molar-refractivity contribution in [1.82, 2.24) is 4.90 Å². The molecule has 2 saturated heterocycles. The lowest BCUT2D eigenvalue weighted by atomic mass is 10.1. The third-order valence-corrected chi connectivity index (χ3v) is 4.17. The Morgan fingerprint density at radius 3 is 2.80 bits per heavy atom. The van der Waals surface area contributed by atoms with Crippen molar-refractivity contribution in [3.63, 3.8) is 0 Å². The Balaban J connectivity index is 1.56. The standard InChI is InChI=1S/C15H21FN4/c16-13-4-1-2-5-14(13)20-9-6-12(11-20)10-18-15(17)19-7-3-8-19/h1-2,4-5,12H,3,6-11H2,(H2,17,18). The van der Waals surface area contributed by atoms with Crippen molar-refractivity contribution in [2.75, 3.05) is 37.6 Å². The fourth-order valence-electron chi connectivity index (χ4n) is 2.78. The smallest absolute Gasteiger partial charge is 0.191 e. The Morgan fingerprint density at radius 2 is 2.10 bits per heavy atom. The van der Waals surface area contributed by atoms with E-state index in [0.717, 1.165) is 39.1 Å². The first-order valence-electron chi connectivity index (χ1n) is 7.28. The third kappa shape index (κ3) is 2.71. The van der Waals surface area contributed by atoms with Gasteiger partial charge in [0.05, 0.1) is 5.69 Å². The average Bonchev–Trinajstić information content (AvgIpc) is 2.83. The van der Waals surface area contributed by atoms with Gasteiger partial charge in [0, 0.05) is 32.7 Å². The van der Waals surface area contributed by atoms with Gasteiger partial charge in [0.2, 0.25) is 0 Å². The highest BCUT2D eigenvalue weighted by Crippen LogP contribution is 2.26. The molecule has 5 heteroatoms. The molecule has 108 valence electrons. The molecule has 3 rings (SSSR count). The average molecular weight is 276 g/mol. The number of hydrogen-bond donors (Lipinski definition) is 1. The number of anilines is 1. The van der Waals surface area contributed by atoms with Crippen LogP contribution < -0.4 is 10.6 Å². The van der Waals surface area contributed by atoms with Gasteiger partial charge in [-0.15, -0.1) is 0 Å². The highest BCUT2D eigenvalue weighted by molar-refractivity contribution is 5.78. The van der Waals surface area contributed by atoms with Gasteiger partial charge in [0.25, 0.3) is 0 Å². The predicted molar refractivity (Wildman–Crippen MR) is 79.4 cm³/mol. The zero-order chi connectivity index (χ0) is 13.9. The molecule has 4 nitrogen and oxygen atoms in total. The summed E-state index contributed by atoms with van der Waals surface area (Å²) in [4.78, 5) is 8.69. The van der Waals surface area contributed by atoms with Crippen LogP contribution in [-0.2, 0) is 0 Å². The fraction of sp³-hybridized carbons (Fsp3) is 0.533. The molecule has 0 aliphatic carbocycles. The van der Waals surface area contributed by atoms with Crippen molar-refractivity contribution in [3.8, 4) is 0 Å². The van der Waals surface area contributed by atoms with E-state index >= 15 is 0 Å². The highest BCUT2D eigenvalue weighted by atomic mass is 19.1. The van der Waals surface area contributed by atoms with Gasteiger partial charge in [-0.25, -0.2) is 4.39 Å². The summed E-state index contributed by atoms with van der Waals surface area (Å²) in [5.74, 6) is 0.992. The molecule has 1 atom stereocenters. The van der Waals surface area contributed by atoms with Crippen molar-refractivity contribution in [2.45, 2.75) is 12.8 Å². The van der Waals surface area contributed by atoms with E-state index in [2.05, 4.69) is 14.8 Å². The second-order valence-electron chi connectivity index (χ2n) is 5.59. The van der Waals surface area contributed by atoms with Crippen LogP contribution in [0.2, 0.25) is 0 Å². The molecular weight excluding hydrogens is 255 g/mol. The second kappa shape index (κ2) is 5.69. The summed E-state index contributed by atoms with van der Waals surface area (Å²) in [7, 11) is 0. The molecule has 0 radical (unpaired) electrons. The summed E-state index contributed by atoms with van der Waals surface area (Å²) in [5, 5.41) is 0. The largest absolute Gasteiger partial charge is 0.370 e. The minimum absolute atomic E-state index is 0.142. The number of likely N-dealkylation sites (tertiary alicyclic amines) is 1. The zero-order valence-corrected chi connectivity index (χ0v) is 11.6. The van der Waals surface area contributed by atoms with Crippen LogP contribution in [0.4, 0.5) is 10.1 Å². The lowest BCUT2D eigenvalue weighted by Gasteiger charge is -2.31. The van der Waals surface area contributed by atoms with Gasteiger partial charge in [0.15, 0.2) is 5.96 Å². The zero-order valence-electron chi connectivity index (χ0n) is 11.6.